The molecule has 0 amide bonds. The topological polar surface area (TPSA) is 0 Å². The predicted molar refractivity (Wildman–Crippen MR) is 105 cm³/mol. The summed E-state index contributed by atoms with van der Waals surface area (Å²) in [5.74, 6) is -41.5. The van der Waals surface area contributed by atoms with Gasteiger partial charge in [0.05, 0.1) is 0 Å². The van der Waals surface area contributed by atoms with Crippen molar-refractivity contribution in [1.29, 1.82) is 0 Å². The molecule has 0 unspecified atom stereocenters. The van der Waals surface area contributed by atoms with E-state index in [0.29, 0.717) is 0 Å². The molecule has 0 spiro atoms. The second kappa shape index (κ2) is 9.21. The maximum absolute atomic E-state index is 14.1. The number of hydrogen-bond acceptors (Lipinski definition) is 0. The van der Waals surface area contributed by atoms with E-state index in [-0.39, 0.29) is 8.95 Å². The number of hydrogen-bond donors (Lipinski definition) is 0. The lowest BCUT2D eigenvalue weighted by atomic mass is 9.87. The van der Waals surface area contributed by atoms with Gasteiger partial charge in [-0.05, 0) is 35.4 Å². The highest BCUT2D eigenvalue weighted by molar-refractivity contribution is 9.10. The molecule has 2 aromatic rings. The van der Waals surface area contributed by atoms with Crippen LogP contribution in [0.15, 0.2) is 57.5 Å². The van der Waals surface area contributed by atoms with Gasteiger partial charge in [0.25, 0.3) is 0 Å². The second-order valence-electron chi connectivity index (χ2n) is 7.31. The van der Waals surface area contributed by atoms with Crippen molar-refractivity contribution in [2.75, 3.05) is 0 Å². The zero-order valence-electron chi connectivity index (χ0n) is 16.3. The summed E-state index contributed by atoms with van der Waals surface area (Å²) < 4.78 is 169. The molecule has 0 saturated heterocycles. The van der Waals surface area contributed by atoms with Crippen LogP contribution in [0.25, 0.3) is 0 Å². The molecule has 0 heterocycles. The Kier molecular flexibility index (Phi) is 7.80. The molecule has 0 nitrogen and oxygen atoms in total. The molecule has 0 aliphatic carbocycles. The number of halogens is 14. The van der Waals surface area contributed by atoms with Gasteiger partial charge in [0.2, 0.25) is 0 Å². The van der Waals surface area contributed by atoms with E-state index >= 15 is 0 Å². The Morgan fingerprint density at radius 1 is 0.412 bits per heavy atom. The fraction of sp³-hybridized carbons (Fsp3) is 0.400. The van der Waals surface area contributed by atoms with Crippen molar-refractivity contribution in [3.8, 4) is 0 Å². The third-order valence-corrected chi connectivity index (χ3v) is 5.84. The first kappa shape index (κ1) is 28.8. The van der Waals surface area contributed by atoms with Crippen LogP contribution in [0.1, 0.15) is 11.1 Å². The zero-order chi connectivity index (χ0) is 26.4. The minimum Gasteiger partial charge on any atom is -0.199 e. The van der Waals surface area contributed by atoms with Crippen molar-refractivity contribution in [2.45, 2.75) is 48.4 Å². The molecule has 34 heavy (non-hydrogen) atoms. The smallest absolute Gasteiger partial charge is 0.199 e. The highest BCUT2D eigenvalue weighted by Gasteiger charge is 2.89. The fourth-order valence-electron chi connectivity index (χ4n) is 2.79. The lowest BCUT2D eigenvalue weighted by Gasteiger charge is -2.41. The highest BCUT2D eigenvalue weighted by atomic mass is 79.9. The van der Waals surface area contributed by atoms with Gasteiger partial charge in [-0.15, -0.1) is 0 Å². The van der Waals surface area contributed by atoms with Crippen LogP contribution >= 0.6 is 31.9 Å². The van der Waals surface area contributed by atoms with Gasteiger partial charge in [-0.3, -0.25) is 0 Å². The summed E-state index contributed by atoms with van der Waals surface area (Å²) in [4.78, 5) is 0. The van der Waals surface area contributed by atoms with E-state index < -0.39 is 59.5 Å². The molecule has 0 radical (unpaired) electrons. The largest absolute Gasteiger partial charge is 0.384 e. The molecule has 2 aromatic carbocycles. The molecule has 0 aliphatic rings. The fourth-order valence-corrected chi connectivity index (χ4v) is 3.32. The van der Waals surface area contributed by atoms with Crippen molar-refractivity contribution < 1.29 is 52.7 Å². The van der Waals surface area contributed by atoms with Gasteiger partial charge in [-0.1, -0.05) is 56.1 Å². The predicted octanol–water partition coefficient (Wildman–Crippen LogP) is 8.81. The molecule has 0 saturated carbocycles. The molecular formula is C20H12Br2F12. The molecule has 0 fully saturated rings. The van der Waals surface area contributed by atoms with E-state index in [1.165, 1.54) is 0 Å². The van der Waals surface area contributed by atoms with Crippen LogP contribution in [0.2, 0.25) is 0 Å². The summed E-state index contributed by atoms with van der Waals surface area (Å²) >= 11 is 5.76. The summed E-state index contributed by atoms with van der Waals surface area (Å²) in [7, 11) is 0. The Hall–Kier alpha value is -1.44. The lowest BCUT2D eigenvalue weighted by molar-refractivity contribution is -0.424. The quantitative estimate of drug-likeness (QED) is 0.241. The number of rotatable bonds is 9. The molecule has 0 bridgehead atoms. The monoisotopic (exact) mass is 638 g/mol. The van der Waals surface area contributed by atoms with E-state index in [2.05, 4.69) is 31.9 Å². The zero-order valence-corrected chi connectivity index (χ0v) is 19.5. The Morgan fingerprint density at radius 3 is 0.882 bits per heavy atom. The Morgan fingerprint density at radius 2 is 0.647 bits per heavy atom. The van der Waals surface area contributed by atoms with Crippen molar-refractivity contribution in [3.05, 3.63) is 68.6 Å². The Balaban J connectivity index is 2.43. The summed E-state index contributed by atoms with van der Waals surface area (Å²) in [6, 6.07) is 7.16. The summed E-state index contributed by atoms with van der Waals surface area (Å²) in [5.41, 5.74) is -1.47. The third kappa shape index (κ3) is 4.93. The summed E-state index contributed by atoms with van der Waals surface area (Å²) in [5, 5.41) is 0. The number of benzene rings is 2. The summed E-state index contributed by atoms with van der Waals surface area (Å²) in [6.45, 7) is 0. The van der Waals surface area contributed by atoms with Crippen molar-refractivity contribution in [1.82, 2.24) is 0 Å². The van der Waals surface area contributed by atoms with Gasteiger partial charge < -0.3 is 0 Å². The molecule has 0 aromatic heterocycles. The van der Waals surface area contributed by atoms with Crippen molar-refractivity contribution in [2.24, 2.45) is 0 Å². The van der Waals surface area contributed by atoms with E-state index in [1.807, 2.05) is 0 Å². The van der Waals surface area contributed by atoms with Crippen molar-refractivity contribution in [3.63, 3.8) is 0 Å². The Labute approximate surface area is 201 Å². The molecular weight excluding hydrogens is 628 g/mol. The van der Waals surface area contributed by atoms with E-state index in [1.54, 1.807) is 0 Å². The summed E-state index contributed by atoms with van der Waals surface area (Å²) in [6.07, 6.45) is -4.53. The van der Waals surface area contributed by atoms with Gasteiger partial charge in [-0.25, -0.2) is 0 Å². The van der Waals surface area contributed by atoms with Gasteiger partial charge in [0, 0.05) is 21.8 Å². The van der Waals surface area contributed by atoms with Gasteiger partial charge in [0.15, 0.2) is 0 Å². The van der Waals surface area contributed by atoms with E-state index in [9.17, 15) is 52.7 Å². The average molecular weight is 640 g/mol. The minimum atomic E-state index is -7.58. The van der Waals surface area contributed by atoms with Gasteiger partial charge in [0.1, 0.15) is 0 Å². The van der Waals surface area contributed by atoms with Crippen LogP contribution < -0.4 is 0 Å². The van der Waals surface area contributed by atoms with Crippen LogP contribution in [0.4, 0.5) is 52.7 Å². The molecule has 14 heteroatoms. The molecule has 190 valence electrons. The number of alkyl halides is 12. The van der Waals surface area contributed by atoms with E-state index in [0.717, 1.165) is 48.5 Å². The molecule has 0 N–H and O–H groups in total. The van der Waals surface area contributed by atoms with Gasteiger partial charge in [-0.2, -0.15) is 52.7 Å². The van der Waals surface area contributed by atoms with Crippen LogP contribution in [0, 0.1) is 0 Å². The Bertz CT molecular complexity index is 904. The SMILES string of the molecule is FC(F)(Cc1ccc(Br)cc1)C(F)(F)C(F)(F)C(F)(F)C(F)(F)C(F)(F)Cc1ccc(Br)cc1. The normalized spacial score (nSPS) is 14.4. The minimum absolute atomic E-state index is 0.260. The van der Waals surface area contributed by atoms with Crippen LogP contribution in [-0.2, 0) is 12.8 Å². The molecule has 2 rings (SSSR count). The molecule has 0 atom stereocenters. The highest BCUT2D eigenvalue weighted by Crippen LogP contribution is 2.60. The van der Waals surface area contributed by atoms with Crippen LogP contribution in [0.5, 0.6) is 0 Å². The maximum Gasteiger partial charge on any atom is 0.384 e. The van der Waals surface area contributed by atoms with Gasteiger partial charge >= 0.3 is 35.5 Å². The maximum atomic E-state index is 14.1. The van der Waals surface area contributed by atoms with Crippen LogP contribution in [0.3, 0.4) is 0 Å². The lowest BCUT2D eigenvalue weighted by Crippen LogP contribution is -2.71. The molecule has 0 aliphatic heterocycles. The first-order valence-corrected chi connectivity index (χ1v) is 10.5. The van der Waals surface area contributed by atoms with Crippen LogP contribution in [-0.4, -0.2) is 35.5 Å². The first-order chi connectivity index (χ1) is 15.2. The van der Waals surface area contributed by atoms with E-state index in [4.69, 9.17) is 0 Å². The standard InChI is InChI=1S/C20H12Br2F12/c21-13-5-1-11(2-6-13)9-15(23,24)17(27,28)19(31,32)20(33,34)18(29,30)16(25,26)10-12-3-7-14(22)8-4-12/h1-8H,9-10H2. The second-order valence-corrected chi connectivity index (χ2v) is 9.14. The average Bonchev–Trinajstić information content (AvgIpc) is 2.70. The first-order valence-electron chi connectivity index (χ1n) is 8.95. The third-order valence-electron chi connectivity index (χ3n) is 4.78. The van der Waals surface area contributed by atoms with Crippen molar-refractivity contribution >= 4 is 31.9 Å².